The van der Waals surface area contributed by atoms with E-state index in [0.717, 1.165) is 21.8 Å². The SMILES string of the molecule is Cc1cccc(C)c1OCCCC(=O)N1CCCN(C(=O)C(F)(F)F)CC1. The largest absolute Gasteiger partial charge is 0.493 e. The lowest BCUT2D eigenvalue weighted by Gasteiger charge is -2.23. The number of ether oxygens (including phenoxy) is 1. The summed E-state index contributed by atoms with van der Waals surface area (Å²) in [7, 11) is 0. The van der Waals surface area contributed by atoms with Crippen LogP contribution in [0.15, 0.2) is 18.2 Å². The fourth-order valence-electron chi connectivity index (χ4n) is 3.13. The molecule has 1 aromatic rings. The monoisotopic (exact) mass is 386 g/mol. The number of halogens is 3. The number of carbonyl (C=O) groups excluding carboxylic acids is 2. The number of hydrogen-bond acceptors (Lipinski definition) is 3. The van der Waals surface area contributed by atoms with Crippen molar-refractivity contribution in [2.75, 3.05) is 32.8 Å². The molecule has 0 radical (unpaired) electrons. The molecule has 0 atom stereocenters. The highest BCUT2D eigenvalue weighted by Crippen LogP contribution is 2.23. The van der Waals surface area contributed by atoms with E-state index in [4.69, 9.17) is 4.74 Å². The predicted octanol–water partition coefficient (Wildman–Crippen LogP) is 3.09. The Bertz CT molecular complexity index is 656. The van der Waals surface area contributed by atoms with Gasteiger partial charge in [0.15, 0.2) is 0 Å². The molecule has 1 fully saturated rings. The quantitative estimate of drug-likeness (QED) is 0.731. The number of para-hydroxylation sites is 1. The molecule has 1 aliphatic rings. The fraction of sp³-hybridized carbons (Fsp3) is 0.579. The van der Waals surface area contributed by atoms with Gasteiger partial charge in [0.1, 0.15) is 5.75 Å². The number of hydrogen-bond donors (Lipinski definition) is 0. The Morgan fingerprint density at radius 2 is 1.63 bits per heavy atom. The average Bonchev–Trinajstić information content (AvgIpc) is 2.85. The minimum absolute atomic E-state index is 0.0117. The molecule has 0 N–H and O–H groups in total. The number of carbonyl (C=O) groups is 2. The van der Waals surface area contributed by atoms with Crippen LogP contribution < -0.4 is 4.74 Å². The van der Waals surface area contributed by atoms with Crippen LogP contribution in [-0.2, 0) is 9.59 Å². The fourth-order valence-corrected chi connectivity index (χ4v) is 3.13. The van der Waals surface area contributed by atoms with Gasteiger partial charge in [0, 0.05) is 32.6 Å². The third-order valence-electron chi connectivity index (χ3n) is 4.57. The molecule has 27 heavy (non-hydrogen) atoms. The van der Waals surface area contributed by atoms with Gasteiger partial charge in [-0.2, -0.15) is 13.2 Å². The van der Waals surface area contributed by atoms with Crippen LogP contribution in [0.2, 0.25) is 0 Å². The second-order valence-corrected chi connectivity index (χ2v) is 6.70. The lowest BCUT2D eigenvalue weighted by Crippen LogP contribution is -2.43. The number of amides is 2. The van der Waals surface area contributed by atoms with Gasteiger partial charge < -0.3 is 14.5 Å². The molecule has 0 bridgehead atoms. The van der Waals surface area contributed by atoms with Gasteiger partial charge >= 0.3 is 12.1 Å². The Balaban J connectivity index is 1.77. The summed E-state index contributed by atoms with van der Waals surface area (Å²) in [4.78, 5) is 26.0. The van der Waals surface area contributed by atoms with Crippen LogP contribution in [0, 0.1) is 13.8 Å². The summed E-state index contributed by atoms with van der Waals surface area (Å²) in [6.07, 6.45) is -3.75. The van der Waals surface area contributed by atoms with E-state index in [0.29, 0.717) is 26.0 Å². The molecule has 0 aliphatic carbocycles. The summed E-state index contributed by atoms with van der Waals surface area (Å²) in [6.45, 7) is 4.71. The molecule has 0 saturated carbocycles. The first-order valence-corrected chi connectivity index (χ1v) is 9.03. The molecule has 2 rings (SSSR count). The Labute approximate surface area is 157 Å². The van der Waals surface area contributed by atoms with E-state index in [1.165, 1.54) is 4.90 Å². The van der Waals surface area contributed by atoms with Crippen molar-refractivity contribution >= 4 is 11.8 Å². The van der Waals surface area contributed by atoms with Gasteiger partial charge in [-0.3, -0.25) is 9.59 Å². The summed E-state index contributed by atoms with van der Waals surface area (Å²) in [5.41, 5.74) is 2.06. The summed E-state index contributed by atoms with van der Waals surface area (Å²) in [5.74, 6) is -1.14. The maximum absolute atomic E-state index is 12.5. The Kier molecular flexibility index (Phi) is 7.10. The maximum atomic E-state index is 12.5. The molecule has 1 heterocycles. The van der Waals surface area contributed by atoms with E-state index in [-0.39, 0.29) is 32.0 Å². The number of alkyl halides is 3. The van der Waals surface area contributed by atoms with Crippen molar-refractivity contribution in [1.82, 2.24) is 9.80 Å². The zero-order valence-electron chi connectivity index (χ0n) is 15.6. The van der Waals surface area contributed by atoms with Crippen LogP contribution in [0.3, 0.4) is 0 Å². The second kappa shape index (κ2) is 9.10. The summed E-state index contributed by atoms with van der Waals surface area (Å²) < 4.78 is 43.4. The minimum Gasteiger partial charge on any atom is -0.493 e. The normalized spacial score (nSPS) is 15.4. The first-order valence-electron chi connectivity index (χ1n) is 9.03. The highest BCUT2D eigenvalue weighted by Gasteiger charge is 2.42. The number of aryl methyl sites for hydroxylation is 2. The molecule has 1 aliphatic heterocycles. The molecule has 5 nitrogen and oxygen atoms in total. The van der Waals surface area contributed by atoms with Gasteiger partial charge in [-0.05, 0) is 37.8 Å². The first-order chi connectivity index (χ1) is 12.7. The van der Waals surface area contributed by atoms with Crippen molar-refractivity contribution in [3.63, 3.8) is 0 Å². The van der Waals surface area contributed by atoms with Crippen LogP contribution in [-0.4, -0.2) is 60.6 Å². The molecule has 150 valence electrons. The smallest absolute Gasteiger partial charge is 0.471 e. The molecule has 2 amide bonds. The molecule has 1 saturated heterocycles. The minimum atomic E-state index is -4.87. The van der Waals surface area contributed by atoms with Crippen LogP contribution in [0.1, 0.15) is 30.4 Å². The van der Waals surface area contributed by atoms with Gasteiger partial charge in [0.05, 0.1) is 6.61 Å². The van der Waals surface area contributed by atoms with E-state index < -0.39 is 12.1 Å². The van der Waals surface area contributed by atoms with Gasteiger partial charge in [0.25, 0.3) is 0 Å². The predicted molar refractivity (Wildman–Crippen MR) is 94.5 cm³/mol. The Morgan fingerprint density at radius 3 is 2.26 bits per heavy atom. The average molecular weight is 386 g/mol. The topological polar surface area (TPSA) is 49.9 Å². The third kappa shape index (κ3) is 5.87. The van der Waals surface area contributed by atoms with Crippen LogP contribution >= 0.6 is 0 Å². The van der Waals surface area contributed by atoms with Gasteiger partial charge in [-0.1, -0.05) is 18.2 Å². The molecule has 1 aromatic carbocycles. The number of rotatable bonds is 5. The van der Waals surface area contributed by atoms with Crippen molar-refractivity contribution in [3.05, 3.63) is 29.3 Å². The summed E-state index contributed by atoms with van der Waals surface area (Å²) in [5, 5.41) is 0. The zero-order chi connectivity index (χ0) is 20.0. The van der Waals surface area contributed by atoms with E-state index in [9.17, 15) is 22.8 Å². The Morgan fingerprint density at radius 1 is 1.04 bits per heavy atom. The lowest BCUT2D eigenvalue weighted by molar-refractivity contribution is -0.185. The second-order valence-electron chi connectivity index (χ2n) is 6.70. The molecular formula is C19H25F3N2O3. The molecule has 0 spiro atoms. The highest BCUT2D eigenvalue weighted by atomic mass is 19.4. The number of nitrogens with zero attached hydrogens (tertiary/aromatic N) is 2. The van der Waals surface area contributed by atoms with Crippen LogP contribution in [0.5, 0.6) is 5.75 Å². The lowest BCUT2D eigenvalue weighted by atomic mass is 10.1. The van der Waals surface area contributed by atoms with Gasteiger partial charge in [0.2, 0.25) is 5.91 Å². The summed E-state index contributed by atoms with van der Waals surface area (Å²) >= 11 is 0. The highest BCUT2D eigenvalue weighted by molar-refractivity contribution is 5.82. The third-order valence-corrected chi connectivity index (χ3v) is 4.57. The van der Waals surface area contributed by atoms with Crippen LogP contribution in [0.25, 0.3) is 0 Å². The molecular weight excluding hydrogens is 361 g/mol. The zero-order valence-corrected chi connectivity index (χ0v) is 15.6. The van der Waals surface area contributed by atoms with Crippen molar-refractivity contribution in [1.29, 1.82) is 0 Å². The van der Waals surface area contributed by atoms with E-state index in [1.807, 2.05) is 32.0 Å². The molecule has 0 unspecified atom stereocenters. The summed E-state index contributed by atoms with van der Waals surface area (Å²) in [6, 6.07) is 5.87. The van der Waals surface area contributed by atoms with E-state index in [1.54, 1.807) is 0 Å². The molecule has 8 heteroatoms. The van der Waals surface area contributed by atoms with E-state index in [2.05, 4.69) is 0 Å². The van der Waals surface area contributed by atoms with Crippen molar-refractivity contribution in [2.45, 2.75) is 39.3 Å². The van der Waals surface area contributed by atoms with Crippen molar-refractivity contribution < 1.29 is 27.5 Å². The van der Waals surface area contributed by atoms with Crippen molar-refractivity contribution in [2.24, 2.45) is 0 Å². The Hall–Kier alpha value is -2.25. The molecule has 0 aromatic heterocycles. The van der Waals surface area contributed by atoms with Gasteiger partial charge in [-0.15, -0.1) is 0 Å². The van der Waals surface area contributed by atoms with Gasteiger partial charge in [-0.25, -0.2) is 0 Å². The van der Waals surface area contributed by atoms with Crippen molar-refractivity contribution in [3.8, 4) is 5.75 Å². The maximum Gasteiger partial charge on any atom is 0.471 e. The van der Waals surface area contributed by atoms with Crippen LogP contribution in [0.4, 0.5) is 13.2 Å². The standard InChI is InChI=1S/C19H25F3N2O3/c1-14-6-3-7-15(2)17(14)27-13-4-8-16(25)23-9-5-10-24(12-11-23)18(26)19(20,21)22/h3,6-7H,4-5,8-13H2,1-2H3. The van der Waals surface area contributed by atoms with E-state index >= 15 is 0 Å². The number of benzene rings is 1. The first kappa shape index (κ1) is 21.1.